The number of nitrogens with one attached hydrogen (secondary N) is 2. The molecule has 0 saturated carbocycles. The van der Waals surface area contributed by atoms with Crippen LogP contribution in [0.2, 0.25) is 0 Å². The first-order valence-electron chi connectivity index (χ1n) is 10.4. The van der Waals surface area contributed by atoms with Crippen LogP contribution in [0.25, 0.3) is 6.08 Å². The van der Waals surface area contributed by atoms with E-state index in [1.165, 1.54) is 11.0 Å². The van der Waals surface area contributed by atoms with Gasteiger partial charge in [0.2, 0.25) is 0 Å². The molecule has 1 aliphatic heterocycles. The van der Waals surface area contributed by atoms with E-state index < -0.39 is 11.8 Å². The number of aromatic nitrogens is 1. The molecular formula is C25H21BrN4O3S. The lowest BCUT2D eigenvalue weighted by Crippen LogP contribution is -2.54. The number of halogens is 1. The zero-order valence-electron chi connectivity index (χ0n) is 18.7. The van der Waals surface area contributed by atoms with Gasteiger partial charge in [0, 0.05) is 21.4 Å². The zero-order chi connectivity index (χ0) is 24.6. The van der Waals surface area contributed by atoms with E-state index in [0.29, 0.717) is 22.5 Å². The lowest BCUT2D eigenvalue weighted by atomic mass is 10.1. The number of hydrogen-bond acceptors (Lipinski definition) is 4. The molecular weight excluding hydrogens is 516 g/mol. The maximum absolute atomic E-state index is 13.4. The fourth-order valence-electron chi connectivity index (χ4n) is 3.76. The largest absolute Gasteiger partial charge is 0.298 e. The van der Waals surface area contributed by atoms with Crippen LogP contribution in [0.15, 0.2) is 64.6 Å². The van der Waals surface area contributed by atoms with Crippen LogP contribution in [-0.4, -0.2) is 27.5 Å². The quantitative estimate of drug-likeness (QED) is 0.294. The molecule has 0 bridgehead atoms. The molecule has 4 rings (SSSR count). The summed E-state index contributed by atoms with van der Waals surface area (Å²) >= 11 is 8.72. The zero-order valence-corrected chi connectivity index (χ0v) is 21.1. The van der Waals surface area contributed by atoms with Gasteiger partial charge in [0.15, 0.2) is 5.11 Å². The number of rotatable bonds is 4. The summed E-state index contributed by atoms with van der Waals surface area (Å²) in [6.07, 6.45) is 1.52. The van der Waals surface area contributed by atoms with E-state index in [1.807, 2.05) is 26.0 Å². The number of thiocarbonyl (C=S) groups is 1. The molecule has 0 spiro atoms. The second-order valence-corrected chi connectivity index (χ2v) is 9.16. The average molecular weight is 537 g/mol. The number of nitrogens with zero attached hydrogens (tertiary/aromatic N) is 2. The topological polar surface area (TPSA) is 83.4 Å². The summed E-state index contributed by atoms with van der Waals surface area (Å²) in [5.74, 6) is -1.35. The second kappa shape index (κ2) is 9.36. The number of benzene rings is 2. The van der Waals surface area contributed by atoms with Crippen molar-refractivity contribution in [1.82, 2.24) is 9.99 Å². The van der Waals surface area contributed by atoms with Crippen LogP contribution in [0.4, 0.5) is 5.69 Å². The lowest BCUT2D eigenvalue weighted by Gasteiger charge is -2.30. The predicted molar refractivity (Wildman–Crippen MR) is 139 cm³/mol. The highest BCUT2D eigenvalue weighted by Crippen LogP contribution is 2.28. The van der Waals surface area contributed by atoms with E-state index in [9.17, 15) is 14.4 Å². The van der Waals surface area contributed by atoms with Gasteiger partial charge in [-0.25, -0.2) is 0 Å². The van der Waals surface area contributed by atoms with Gasteiger partial charge in [0.05, 0.1) is 5.69 Å². The summed E-state index contributed by atoms with van der Waals surface area (Å²) in [7, 11) is 0. The monoisotopic (exact) mass is 536 g/mol. The van der Waals surface area contributed by atoms with E-state index in [2.05, 4.69) is 26.7 Å². The Balaban J connectivity index is 1.68. The first-order valence-corrected chi connectivity index (χ1v) is 11.6. The van der Waals surface area contributed by atoms with Crippen molar-refractivity contribution >= 4 is 62.7 Å². The van der Waals surface area contributed by atoms with Gasteiger partial charge in [-0.05, 0) is 86.6 Å². The highest BCUT2D eigenvalue weighted by Gasteiger charge is 2.35. The molecule has 1 saturated heterocycles. The summed E-state index contributed by atoms with van der Waals surface area (Å²) < 4.78 is 2.50. The first kappa shape index (κ1) is 23.6. The molecule has 2 heterocycles. The van der Waals surface area contributed by atoms with Crippen LogP contribution in [-0.2, 0) is 9.59 Å². The van der Waals surface area contributed by atoms with Crippen molar-refractivity contribution in [3.63, 3.8) is 0 Å². The Hall–Kier alpha value is -3.56. The van der Waals surface area contributed by atoms with E-state index >= 15 is 0 Å². The average Bonchev–Trinajstić information content (AvgIpc) is 3.05. The molecule has 9 heteroatoms. The van der Waals surface area contributed by atoms with Gasteiger partial charge in [-0.2, -0.15) is 0 Å². The number of carbonyl (C=O) groups excluding carboxylic acids is 3. The molecule has 1 aliphatic rings. The summed E-state index contributed by atoms with van der Waals surface area (Å²) in [6, 6.07) is 16.1. The highest BCUT2D eigenvalue weighted by atomic mass is 79.9. The normalized spacial score (nSPS) is 15.0. The fourth-order valence-corrected chi connectivity index (χ4v) is 4.51. The molecule has 0 unspecified atom stereocenters. The van der Waals surface area contributed by atoms with Crippen molar-refractivity contribution in [3.05, 3.63) is 92.7 Å². The minimum Gasteiger partial charge on any atom is -0.298 e. The van der Waals surface area contributed by atoms with Crippen molar-refractivity contribution in [3.8, 4) is 0 Å². The molecule has 3 amide bonds. The number of amides is 3. The van der Waals surface area contributed by atoms with Gasteiger partial charge >= 0.3 is 0 Å². The molecule has 1 fully saturated rings. The predicted octanol–water partition coefficient (Wildman–Crippen LogP) is 4.39. The van der Waals surface area contributed by atoms with E-state index in [0.717, 1.165) is 15.7 Å². The Morgan fingerprint density at radius 3 is 2.44 bits per heavy atom. The minimum absolute atomic E-state index is 0.0261. The third kappa shape index (κ3) is 4.44. The Morgan fingerprint density at radius 2 is 1.76 bits per heavy atom. The summed E-state index contributed by atoms with van der Waals surface area (Å²) in [5.41, 5.74) is 6.78. The van der Waals surface area contributed by atoms with Crippen molar-refractivity contribution in [2.75, 3.05) is 10.3 Å². The SMILES string of the molecule is Cc1cc(Br)ccc1N1C(=O)/C(=C/c2cc(C)n(NC(=O)c3ccccc3)c2C)C(=O)NC1=S. The van der Waals surface area contributed by atoms with Crippen LogP contribution < -0.4 is 15.6 Å². The standard InChI is InChI=1S/C25H21BrN4O3S/c1-14-11-19(26)9-10-21(14)29-24(33)20(23(32)27-25(29)34)13-18-12-15(2)30(16(18)3)28-22(31)17-7-5-4-6-8-17/h4-13H,1-3H3,(H,28,31)(H,27,32,34)/b20-13+. The van der Waals surface area contributed by atoms with Crippen LogP contribution in [0, 0.1) is 20.8 Å². The molecule has 0 aliphatic carbocycles. The maximum atomic E-state index is 13.4. The van der Waals surface area contributed by atoms with E-state index in [4.69, 9.17) is 12.2 Å². The lowest BCUT2D eigenvalue weighted by molar-refractivity contribution is -0.122. The number of hydrogen-bond donors (Lipinski definition) is 2. The maximum Gasteiger partial charge on any atom is 0.270 e. The minimum atomic E-state index is -0.570. The Bertz CT molecular complexity index is 1380. The van der Waals surface area contributed by atoms with Crippen molar-refractivity contribution < 1.29 is 14.4 Å². The van der Waals surface area contributed by atoms with Gasteiger partial charge < -0.3 is 0 Å². The molecule has 2 N–H and O–H groups in total. The summed E-state index contributed by atoms with van der Waals surface area (Å²) in [6.45, 7) is 5.49. The van der Waals surface area contributed by atoms with Gasteiger partial charge in [-0.3, -0.25) is 34.7 Å². The molecule has 172 valence electrons. The summed E-state index contributed by atoms with van der Waals surface area (Å²) in [5, 5.41) is 2.63. The molecule has 0 radical (unpaired) electrons. The first-order chi connectivity index (χ1) is 16.2. The summed E-state index contributed by atoms with van der Waals surface area (Å²) in [4.78, 5) is 40.0. The number of anilines is 1. The molecule has 34 heavy (non-hydrogen) atoms. The van der Waals surface area contributed by atoms with Crippen LogP contribution in [0.3, 0.4) is 0 Å². The van der Waals surface area contributed by atoms with Crippen molar-refractivity contribution in [2.45, 2.75) is 20.8 Å². The number of aryl methyl sites for hydroxylation is 2. The Morgan fingerprint density at radius 1 is 1.06 bits per heavy atom. The third-order valence-corrected chi connectivity index (χ3v) is 6.30. The van der Waals surface area contributed by atoms with Crippen LogP contribution in [0.5, 0.6) is 0 Å². The van der Waals surface area contributed by atoms with Gasteiger partial charge in [-0.15, -0.1) is 0 Å². The van der Waals surface area contributed by atoms with E-state index in [1.54, 1.807) is 54.1 Å². The second-order valence-electron chi connectivity index (χ2n) is 7.86. The van der Waals surface area contributed by atoms with Crippen molar-refractivity contribution in [1.29, 1.82) is 0 Å². The number of carbonyl (C=O) groups is 3. The third-order valence-electron chi connectivity index (χ3n) is 5.52. The fraction of sp³-hybridized carbons (Fsp3) is 0.120. The Labute approximate surface area is 210 Å². The molecule has 0 atom stereocenters. The molecule has 3 aromatic rings. The highest BCUT2D eigenvalue weighted by molar-refractivity contribution is 9.10. The smallest absolute Gasteiger partial charge is 0.270 e. The van der Waals surface area contributed by atoms with Crippen LogP contribution >= 0.6 is 28.1 Å². The van der Waals surface area contributed by atoms with Crippen LogP contribution in [0.1, 0.15) is 32.9 Å². The molecule has 7 nitrogen and oxygen atoms in total. The van der Waals surface area contributed by atoms with Gasteiger partial charge in [-0.1, -0.05) is 34.1 Å². The van der Waals surface area contributed by atoms with E-state index in [-0.39, 0.29) is 16.6 Å². The van der Waals surface area contributed by atoms with Crippen molar-refractivity contribution in [2.24, 2.45) is 0 Å². The Kier molecular flexibility index (Phi) is 6.49. The van der Waals surface area contributed by atoms with Gasteiger partial charge in [0.1, 0.15) is 5.57 Å². The molecule has 1 aromatic heterocycles. The van der Waals surface area contributed by atoms with Gasteiger partial charge in [0.25, 0.3) is 17.7 Å². The molecule has 2 aromatic carbocycles.